The average Bonchev–Trinajstić information content (AvgIpc) is 2.52. The van der Waals surface area contributed by atoms with Crippen molar-refractivity contribution in [3.05, 3.63) is 46.5 Å². The number of nitrogens with zero attached hydrogens (tertiary/aromatic N) is 1. The highest BCUT2D eigenvalue weighted by molar-refractivity contribution is 6.24. The second-order valence-corrected chi connectivity index (χ2v) is 8.33. The van der Waals surface area contributed by atoms with Crippen molar-refractivity contribution >= 4 is 17.5 Å². The number of hydrogen-bond acceptors (Lipinski definition) is 3. The summed E-state index contributed by atoms with van der Waals surface area (Å²) in [5.74, 6) is -1.25. The van der Waals surface area contributed by atoms with E-state index in [1.807, 2.05) is 27.7 Å². The molecule has 1 saturated carbocycles. The molecular formula is C20H22N2O3. The van der Waals surface area contributed by atoms with Crippen molar-refractivity contribution in [1.82, 2.24) is 0 Å². The van der Waals surface area contributed by atoms with Crippen LogP contribution in [0.3, 0.4) is 0 Å². The Morgan fingerprint density at radius 2 is 1.88 bits per heavy atom. The van der Waals surface area contributed by atoms with Crippen LogP contribution in [0.4, 0.5) is 0 Å². The van der Waals surface area contributed by atoms with Crippen LogP contribution in [0.5, 0.6) is 0 Å². The van der Waals surface area contributed by atoms with Crippen molar-refractivity contribution < 1.29 is 14.4 Å². The number of hydrogen-bond donors (Lipinski definition) is 1. The first-order valence-electron chi connectivity index (χ1n) is 8.42. The van der Waals surface area contributed by atoms with Gasteiger partial charge in [-0.15, -0.1) is 0 Å². The molecular weight excluding hydrogens is 316 g/mol. The van der Waals surface area contributed by atoms with Crippen molar-refractivity contribution in [2.45, 2.75) is 40.5 Å². The van der Waals surface area contributed by atoms with E-state index in [9.17, 15) is 14.4 Å². The van der Waals surface area contributed by atoms with Crippen LogP contribution in [0.1, 0.15) is 40.5 Å². The zero-order chi connectivity index (χ0) is 18.8. The number of carbonyl (C=O) groups is 3. The van der Waals surface area contributed by atoms with Crippen LogP contribution < -0.4 is 5.73 Å². The van der Waals surface area contributed by atoms with Crippen molar-refractivity contribution in [2.24, 2.45) is 27.9 Å². The van der Waals surface area contributed by atoms with E-state index in [0.29, 0.717) is 0 Å². The third kappa shape index (κ3) is 2.17. The Morgan fingerprint density at radius 3 is 2.44 bits per heavy atom. The number of ketones is 2. The molecule has 3 aliphatic rings. The van der Waals surface area contributed by atoms with Gasteiger partial charge in [0, 0.05) is 16.2 Å². The van der Waals surface area contributed by atoms with Crippen molar-refractivity contribution in [3.8, 4) is 0 Å². The number of allylic oxidation sites excluding steroid dienone is 5. The van der Waals surface area contributed by atoms with Crippen LogP contribution >= 0.6 is 0 Å². The molecule has 25 heavy (non-hydrogen) atoms. The minimum atomic E-state index is -0.717. The molecule has 0 aliphatic heterocycles. The number of rotatable bonds is 1. The Balaban J connectivity index is 2.24. The van der Waals surface area contributed by atoms with E-state index in [0.717, 1.165) is 18.4 Å². The summed E-state index contributed by atoms with van der Waals surface area (Å²) in [6.07, 6.45) is 6.42. The van der Waals surface area contributed by atoms with Crippen molar-refractivity contribution in [1.29, 1.82) is 0 Å². The molecule has 0 saturated heterocycles. The van der Waals surface area contributed by atoms with Gasteiger partial charge in [0.25, 0.3) is 5.91 Å². The van der Waals surface area contributed by atoms with E-state index in [-0.39, 0.29) is 23.0 Å². The van der Waals surface area contributed by atoms with Crippen LogP contribution in [0, 0.1) is 28.7 Å². The fourth-order valence-electron chi connectivity index (χ4n) is 5.15. The smallest absolute Gasteiger partial charge is 0.252 e. The second-order valence-electron chi connectivity index (χ2n) is 8.33. The second kappa shape index (κ2) is 5.01. The van der Waals surface area contributed by atoms with Gasteiger partial charge in [-0.05, 0) is 30.4 Å². The Kier molecular flexibility index (Phi) is 3.48. The predicted molar refractivity (Wildman–Crippen MR) is 92.8 cm³/mol. The topological polar surface area (TPSA) is 81.6 Å². The Bertz CT molecular complexity index is 853. The van der Waals surface area contributed by atoms with Gasteiger partial charge in [0.05, 0.1) is 12.1 Å². The number of Topliss-reactive ketones (excluding diaryl/α,β-unsaturated/α-hetero) is 1. The zero-order valence-electron chi connectivity index (χ0n) is 15.0. The molecule has 130 valence electrons. The number of nitrogens with two attached hydrogens (primary N) is 1. The molecule has 2 N–H and O–H groups in total. The molecule has 0 unspecified atom stereocenters. The summed E-state index contributed by atoms with van der Waals surface area (Å²) in [4.78, 5) is 40.2. The molecule has 3 rings (SSSR count). The van der Waals surface area contributed by atoms with E-state index in [4.69, 9.17) is 12.3 Å². The molecule has 5 heteroatoms. The van der Waals surface area contributed by atoms with Gasteiger partial charge in [-0.2, -0.15) is 0 Å². The lowest BCUT2D eigenvalue weighted by Crippen LogP contribution is -2.53. The summed E-state index contributed by atoms with van der Waals surface area (Å²) in [6.45, 7) is 15.1. The highest BCUT2D eigenvalue weighted by Gasteiger charge is 2.58. The Hall–Kier alpha value is -2.48. The normalized spacial score (nSPS) is 36.3. The maximum atomic E-state index is 12.7. The monoisotopic (exact) mass is 338 g/mol. The quantitative estimate of drug-likeness (QED) is 0.589. The van der Waals surface area contributed by atoms with Crippen LogP contribution in [0.25, 0.3) is 4.85 Å². The van der Waals surface area contributed by atoms with Crippen LogP contribution in [-0.2, 0) is 14.4 Å². The lowest BCUT2D eigenvalue weighted by Gasteiger charge is -2.57. The zero-order valence-corrected chi connectivity index (χ0v) is 15.0. The molecule has 0 spiro atoms. The molecule has 5 nitrogen and oxygen atoms in total. The molecule has 0 aromatic rings. The summed E-state index contributed by atoms with van der Waals surface area (Å²) in [5.41, 5.74) is 4.63. The molecule has 0 radical (unpaired) electrons. The average molecular weight is 338 g/mol. The van der Waals surface area contributed by atoms with E-state index < -0.39 is 27.9 Å². The Morgan fingerprint density at radius 1 is 1.24 bits per heavy atom. The summed E-state index contributed by atoms with van der Waals surface area (Å²) < 4.78 is 0. The number of amides is 1. The lowest BCUT2D eigenvalue weighted by molar-refractivity contribution is -0.130. The standard InChI is InChI=1S/C20H22N2O3/c1-18(2)14-6-7-19(3)9-11(17(21)25)13(23)8-15(19)20(14,4)10-12(22-5)16(18)24/h8-10,14H,6-7H2,1-4H3,(H2,21,25)/t14-,19-,20-/m0/s1. The highest BCUT2D eigenvalue weighted by atomic mass is 16.2. The molecule has 0 heterocycles. The van der Waals surface area contributed by atoms with Crippen LogP contribution in [-0.4, -0.2) is 17.5 Å². The summed E-state index contributed by atoms with van der Waals surface area (Å²) in [6, 6.07) is 0. The first kappa shape index (κ1) is 17.3. The van der Waals surface area contributed by atoms with Gasteiger partial charge in [-0.1, -0.05) is 39.8 Å². The molecule has 0 bridgehead atoms. The van der Waals surface area contributed by atoms with E-state index in [2.05, 4.69) is 4.85 Å². The third-order valence-electron chi connectivity index (χ3n) is 6.39. The minimum Gasteiger partial charge on any atom is -0.365 e. The number of carbonyl (C=O) groups excluding carboxylic acids is 3. The molecule has 1 fully saturated rings. The van der Waals surface area contributed by atoms with Crippen LogP contribution in [0.2, 0.25) is 0 Å². The lowest BCUT2D eigenvalue weighted by atomic mass is 9.46. The third-order valence-corrected chi connectivity index (χ3v) is 6.39. The first-order chi connectivity index (χ1) is 11.5. The number of fused-ring (bicyclic) bond motifs is 3. The molecule has 0 aromatic carbocycles. The van der Waals surface area contributed by atoms with E-state index in [1.54, 1.807) is 12.2 Å². The van der Waals surface area contributed by atoms with E-state index in [1.165, 1.54) is 6.08 Å². The largest absolute Gasteiger partial charge is 0.365 e. The summed E-state index contributed by atoms with van der Waals surface area (Å²) in [5, 5.41) is 0. The van der Waals surface area contributed by atoms with Gasteiger partial charge in [-0.3, -0.25) is 9.59 Å². The molecule has 1 amide bonds. The van der Waals surface area contributed by atoms with Gasteiger partial charge >= 0.3 is 0 Å². The molecule has 0 aromatic heterocycles. The van der Waals surface area contributed by atoms with Gasteiger partial charge in [0.1, 0.15) is 0 Å². The van der Waals surface area contributed by atoms with Crippen molar-refractivity contribution in [3.63, 3.8) is 0 Å². The number of primary amides is 1. The van der Waals surface area contributed by atoms with Gasteiger partial charge in [0.15, 0.2) is 11.6 Å². The van der Waals surface area contributed by atoms with E-state index >= 15 is 0 Å². The summed E-state index contributed by atoms with van der Waals surface area (Å²) >= 11 is 0. The van der Waals surface area contributed by atoms with Gasteiger partial charge < -0.3 is 10.5 Å². The fourth-order valence-corrected chi connectivity index (χ4v) is 5.15. The van der Waals surface area contributed by atoms with Gasteiger partial charge in [0.2, 0.25) is 5.70 Å². The predicted octanol–water partition coefficient (Wildman–Crippen LogP) is 2.74. The van der Waals surface area contributed by atoms with Crippen LogP contribution in [0.15, 0.2) is 35.1 Å². The maximum absolute atomic E-state index is 12.7. The first-order valence-corrected chi connectivity index (χ1v) is 8.42. The van der Waals surface area contributed by atoms with Gasteiger partial charge in [-0.25, -0.2) is 4.85 Å². The highest BCUT2D eigenvalue weighted by Crippen LogP contribution is 2.63. The Labute approximate surface area is 147 Å². The van der Waals surface area contributed by atoms with Crippen molar-refractivity contribution in [2.75, 3.05) is 0 Å². The molecule has 3 aliphatic carbocycles. The maximum Gasteiger partial charge on any atom is 0.252 e. The SMILES string of the molecule is [C-]#[N+]C1=C[C@]2(C)C3=CC(=O)C(C(N)=O)=C[C@]3(C)CC[C@H]2C(C)(C)C1=O. The fraction of sp³-hybridized carbons (Fsp3) is 0.500. The molecule has 3 atom stereocenters. The summed E-state index contributed by atoms with van der Waals surface area (Å²) in [7, 11) is 0. The minimum absolute atomic E-state index is 0.00588.